The van der Waals surface area contributed by atoms with Crippen LogP contribution in [0.1, 0.15) is 89.1 Å². The third kappa shape index (κ3) is 5.93. The summed E-state index contributed by atoms with van der Waals surface area (Å²) in [5, 5.41) is 10.6. The van der Waals surface area contributed by atoms with Crippen LogP contribution < -0.4 is 0 Å². The van der Waals surface area contributed by atoms with Gasteiger partial charge in [0.15, 0.2) is 17.0 Å². The van der Waals surface area contributed by atoms with Crippen molar-refractivity contribution in [2.45, 2.75) is 65.1 Å². The number of amides is 1. The lowest BCUT2D eigenvalue weighted by atomic mass is 9.77. The number of aromatic nitrogens is 3. The Labute approximate surface area is 277 Å². The van der Waals surface area contributed by atoms with E-state index in [-0.39, 0.29) is 28.9 Å². The average Bonchev–Trinajstić information content (AvgIpc) is 3.68. The first-order chi connectivity index (χ1) is 23.0. The van der Waals surface area contributed by atoms with Gasteiger partial charge in [-0.2, -0.15) is 23.4 Å². The summed E-state index contributed by atoms with van der Waals surface area (Å²) < 4.78 is 44.1. The summed E-state index contributed by atoms with van der Waals surface area (Å²) in [5.41, 5.74) is 6.67. The highest BCUT2D eigenvalue weighted by Gasteiger charge is 2.45. The second-order valence-corrected chi connectivity index (χ2v) is 13.2. The summed E-state index contributed by atoms with van der Waals surface area (Å²) in [4.78, 5) is 18.9. The molecule has 0 bridgehead atoms. The molecule has 0 radical (unpaired) electrons. The molecule has 1 fully saturated rings. The average molecular weight is 648 g/mol. The van der Waals surface area contributed by atoms with E-state index in [0.29, 0.717) is 5.56 Å². The molecule has 6 nitrogen and oxygen atoms in total. The number of hydrazone groups is 1. The molecule has 7 rings (SSSR count). The summed E-state index contributed by atoms with van der Waals surface area (Å²) in [6.07, 6.45) is -0.0242. The molecule has 0 spiro atoms. The van der Waals surface area contributed by atoms with E-state index >= 15 is 0 Å². The summed E-state index contributed by atoms with van der Waals surface area (Å²) in [7, 11) is 0. The quantitative estimate of drug-likeness (QED) is 0.191. The van der Waals surface area contributed by atoms with Gasteiger partial charge in [0.25, 0.3) is 5.91 Å². The van der Waals surface area contributed by atoms with Gasteiger partial charge in [0.1, 0.15) is 0 Å². The number of allylic oxidation sites excluding steroid dienone is 1. The van der Waals surface area contributed by atoms with E-state index < -0.39 is 23.8 Å². The third-order valence-electron chi connectivity index (χ3n) is 9.36. The first kappa shape index (κ1) is 31.5. The van der Waals surface area contributed by atoms with Crippen LogP contribution in [0.3, 0.4) is 0 Å². The molecule has 5 aromatic rings. The number of carbonyl (C=O) groups excluding carboxylic acids is 1. The summed E-state index contributed by atoms with van der Waals surface area (Å²) >= 11 is 0. The van der Waals surface area contributed by atoms with Crippen LogP contribution in [0.15, 0.2) is 95.6 Å². The van der Waals surface area contributed by atoms with Crippen molar-refractivity contribution in [2.24, 2.45) is 11.0 Å². The summed E-state index contributed by atoms with van der Waals surface area (Å²) in [6, 6.07) is 25.5. The Hall–Kier alpha value is -5.05. The van der Waals surface area contributed by atoms with E-state index in [1.54, 1.807) is 12.1 Å². The molecule has 1 aliphatic carbocycles. The molecule has 1 saturated carbocycles. The zero-order valence-corrected chi connectivity index (χ0v) is 27.3. The Morgan fingerprint density at radius 2 is 1.58 bits per heavy atom. The maximum Gasteiger partial charge on any atom is 0.433 e. The van der Waals surface area contributed by atoms with E-state index in [9.17, 15) is 18.0 Å². The first-order valence-electron chi connectivity index (χ1n) is 16.3. The van der Waals surface area contributed by atoms with E-state index in [1.165, 1.54) is 16.6 Å². The number of halogens is 3. The molecule has 0 N–H and O–H groups in total. The first-order valence-corrected chi connectivity index (χ1v) is 16.3. The maximum absolute atomic E-state index is 14.4. The van der Waals surface area contributed by atoms with Crippen molar-refractivity contribution < 1.29 is 18.0 Å². The molecule has 2 aromatic heterocycles. The van der Waals surface area contributed by atoms with Gasteiger partial charge in [-0.05, 0) is 73.4 Å². The van der Waals surface area contributed by atoms with Gasteiger partial charge in [0.05, 0.1) is 17.4 Å². The van der Waals surface area contributed by atoms with Crippen LogP contribution in [0.2, 0.25) is 0 Å². The van der Waals surface area contributed by atoms with Gasteiger partial charge in [-0.3, -0.25) is 4.79 Å². The number of carbonyl (C=O) groups is 1. The molecule has 2 aliphatic rings. The van der Waals surface area contributed by atoms with E-state index in [0.717, 1.165) is 63.4 Å². The van der Waals surface area contributed by atoms with Crippen molar-refractivity contribution >= 4 is 23.3 Å². The van der Waals surface area contributed by atoms with Crippen molar-refractivity contribution in [1.29, 1.82) is 0 Å². The normalized spacial score (nSPS) is 18.9. The number of nitrogens with zero attached hydrogens (tertiary/aromatic N) is 5. The second-order valence-electron chi connectivity index (χ2n) is 13.2. The molecule has 9 heteroatoms. The SMILES string of the molecule is Cc1ccc(/C=C2\CCC[C@@H]3C2=NN(C(=O)c2cc4nc(-c5ccc(C(C)C)cc5)cc(C(F)(F)F)n4n2)[C@H]3c2ccc(C)cc2)cc1. The minimum Gasteiger partial charge on any atom is -0.265 e. The largest absolute Gasteiger partial charge is 0.433 e. The van der Waals surface area contributed by atoms with Crippen LogP contribution in [0.25, 0.3) is 23.0 Å². The highest BCUT2D eigenvalue weighted by atomic mass is 19.4. The topological polar surface area (TPSA) is 62.9 Å². The number of fused-ring (bicyclic) bond motifs is 2. The van der Waals surface area contributed by atoms with Crippen LogP contribution in [0, 0.1) is 19.8 Å². The molecule has 3 heterocycles. The lowest BCUT2D eigenvalue weighted by molar-refractivity contribution is -0.142. The van der Waals surface area contributed by atoms with Crippen LogP contribution in [-0.4, -0.2) is 31.2 Å². The smallest absolute Gasteiger partial charge is 0.265 e. The maximum atomic E-state index is 14.4. The molecule has 1 amide bonds. The van der Waals surface area contributed by atoms with Crippen molar-refractivity contribution in [1.82, 2.24) is 19.6 Å². The number of benzene rings is 3. The Morgan fingerprint density at radius 3 is 2.23 bits per heavy atom. The monoisotopic (exact) mass is 647 g/mol. The van der Waals surface area contributed by atoms with E-state index in [2.05, 4.69) is 54.3 Å². The molecule has 1 aliphatic heterocycles. The zero-order valence-electron chi connectivity index (χ0n) is 27.3. The number of hydrogen-bond acceptors (Lipinski definition) is 4. The highest BCUT2D eigenvalue weighted by Crippen LogP contribution is 2.45. The van der Waals surface area contributed by atoms with Gasteiger partial charge in [0, 0.05) is 17.5 Å². The fourth-order valence-corrected chi connectivity index (χ4v) is 6.71. The molecule has 0 unspecified atom stereocenters. The van der Waals surface area contributed by atoms with E-state index in [4.69, 9.17) is 5.10 Å². The predicted octanol–water partition coefficient (Wildman–Crippen LogP) is 9.59. The van der Waals surface area contributed by atoms with Crippen LogP contribution in [0.4, 0.5) is 13.2 Å². The second kappa shape index (κ2) is 12.2. The fraction of sp³-hybridized carbons (Fsp3) is 0.282. The molecule has 0 saturated heterocycles. The number of hydrogen-bond donors (Lipinski definition) is 0. The van der Waals surface area contributed by atoms with Crippen LogP contribution in [0.5, 0.6) is 0 Å². The minimum atomic E-state index is -4.73. The molecular weight excluding hydrogens is 611 g/mol. The summed E-state index contributed by atoms with van der Waals surface area (Å²) in [5.74, 6) is -0.360. The predicted molar refractivity (Wildman–Crippen MR) is 182 cm³/mol. The molecule has 2 atom stereocenters. The summed E-state index contributed by atoms with van der Waals surface area (Å²) in [6.45, 7) is 8.15. The zero-order chi connectivity index (χ0) is 33.7. The van der Waals surface area contributed by atoms with Crippen LogP contribution >= 0.6 is 0 Å². The van der Waals surface area contributed by atoms with Gasteiger partial charge in [-0.1, -0.05) is 97.8 Å². The van der Waals surface area contributed by atoms with Gasteiger partial charge >= 0.3 is 6.18 Å². The molecule has 3 aromatic carbocycles. The molecule has 244 valence electrons. The fourth-order valence-electron chi connectivity index (χ4n) is 6.71. The molecule has 48 heavy (non-hydrogen) atoms. The van der Waals surface area contributed by atoms with Crippen LogP contribution in [-0.2, 0) is 6.18 Å². The highest BCUT2D eigenvalue weighted by molar-refractivity contribution is 6.09. The third-order valence-corrected chi connectivity index (χ3v) is 9.36. The van der Waals surface area contributed by atoms with Gasteiger partial charge in [-0.25, -0.2) is 14.5 Å². The number of rotatable bonds is 5. The van der Waals surface area contributed by atoms with Gasteiger partial charge in [0.2, 0.25) is 0 Å². The van der Waals surface area contributed by atoms with E-state index in [1.807, 2.05) is 50.2 Å². The number of alkyl halides is 3. The lowest BCUT2D eigenvalue weighted by Gasteiger charge is -2.29. The molecular formula is C39H36F3N5O. The minimum absolute atomic E-state index is 0.0628. The lowest BCUT2D eigenvalue weighted by Crippen LogP contribution is -2.32. The van der Waals surface area contributed by atoms with Gasteiger partial charge < -0.3 is 0 Å². The Bertz CT molecular complexity index is 2060. The van der Waals surface area contributed by atoms with Crippen molar-refractivity contribution in [3.63, 3.8) is 0 Å². The Kier molecular flexibility index (Phi) is 8.01. The van der Waals surface area contributed by atoms with Crippen molar-refractivity contribution in [3.8, 4) is 11.3 Å². The standard InChI is InChI=1S/C39H36F3N5O/c1-23(2)27-16-18-28(19-17-27)32-21-34(39(40,41)42)46-35(43-32)22-33(44-46)38(48)47-37(29-14-10-25(4)11-15-29)31-7-5-6-30(36(31)45-47)20-26-12-8-24(3)9-13-26/h8-23,31,37H,5-7H2,1-4H3/b30-20+/t31-,37+/m1/s1. The van der Waals surface area contributed by atoms with Gasteiger partial charge in [-0.15, -0.1) is 0 Å². The van der Waals surface area contributed by atoms with Crippen molar-refractivity contribution in [3.05, 3.63) is 130 Å². The van der Waals surface area contributed by atoms with Crippen molar-refractivity contribution in [2.75, 3.05) is 0 Å². The Balaban J connectivity index is 1.32. The Morgan fingerprint density at radius 1 is 0.917 bits per heavy atom. The number of aryl methyl sites for hydroxylation is 2.